The first-order chi connectivity index (χ1) is 16.4. The van der Waals surface area contributed by atoms with Crippen molar-refractivity contribution in [1.29, 1.82) is 0 Å². The lowest BCUT2D eigenvalue weighted by Gasteiger charge is -2.16. The Morgan fingerprint density at radius 3 is 1.82 bits per heavy atom. The van der Waals surface area contributed by atoms with Gasteiger partial charge in [0, 0.05) is 11.1 Å². The van der Waals surface area contributed by atoms with Gasteiger partial charge < -0.3 is 24.4 Å². The molecule has 0 fully saturated rings. The third-order valence-corrected chi connectivity index (χ3v) is 5.57. The van der Waals surface area contributed by atoms with Crippen LogP contribution in [0.15, 0.2) is 72.8 Å². The molecule has 5 nitrogen and oxygen atoms in total. The fourth-order valence-electron chi connectivity index (χ4n) is 3.68. The van der Waals surface area contributed by atoms with Gasteiger partial charge in [-0.05, 0) is 60.0 Å². The van der Waals surface area contributed by atoms with Crippen molar-refractivity contribution in [1.82, 2.24) is 0 Å². The van der Waals surface area contributed by atoms with Crippen molar-refractivity contribution in [3.05, 3.63) is 89.7 Å². The van der Waals surface area contributed by atoms with E-state index < -0.39 is 11.6 Å². The van der Waals surface area contributed by atoms with Gasteiger partial charge in [0.25, 0.3) is 0 Å². The number of methoxy groups -OCH3 is 2. The lowest BCUT2D eigenvalue weighted by molar-refractivity contribution is 0.289. The van der Waals surface area contributed by atoms with E-state index in [4.69, 9.17) is 14.2 Å². The van der Waals surface area contributed by atoms with Crippen molar-refractivity contribution in [2.75, 3.05) is 14.2 Å². The van der Waals surface area contributed by atoms with Crippen LogP contribution in [-0.2, 0) is 6.61 Å². The predicted molar refractivity (Wildman–Crippen MR) is 129 cm³/mol. The minimum Gasteiger partial charge on any atom is -0.505 e. The van der Waals surface area contributed by atoms with Crippen LogP contribution < -0.4 is 14.2 Å². The SMILES string of the molecule is COc1cc(-c2ccc(O)c(F)c2)c(OC)cc1-c1ccc(OCc2ccc(C)cc2)c(O)c1. The van der Waals surface area contributed by atoms with Crippen LogP contribution in [0, 0.1) is 12.7 Å². The van der Waals surface area contributed by atoms with E-state index in [9.17, 15) is 14.6 Å². The highest BCUT2D eigenvalue weighted by Crippen LogP contribution is 2.43. The summed E-state index contributed by atoms with van der Waals surface area (Å²) >= 11 is 0. The van der Waals surface area contributed by atoms with Crippen molar-refractivity contribution in [2.45, 2.75) is 13.5 Å². The summed E-state index contributed by atoms with van der Waals surface area (Å²) in [5.41, 5.74) is 4.68. The maximum absolute atomic E-state index is 13.9. The van der Waals surface area contributed by atoms with Gasteiger partial charge in [0.15, 0.2) is 23.1 Å². The van der Waals surface area contributed by atoms with E-state index in [1.54, 1.807) is 30.3 Å². The zero-order valence-electron chi connectivity index (χ0n) is 19.1. The number of phenolic OH excluding ortho intramolecular Hbond substituents is 2. The number of ether oxygens (including phenoxy) is 3. The normalized spacial score (nSPS) is 10.7. The van der Waals surface area contributed by atoms with Gasteiger partial charge in [0.05, 0.1) is 14.2 Å². The van der Waals surface area contributed by atoms with Gasteiger partial charge in [-0.3, -0.25) is 0 Å². The van der Waals surface area contributed by atoms with Crippen molar-refractivity contribution in [3.8, 4) is 51.0 Å². The summed E-state index contributed by atoms with van der Waals surface area (Å²) in [6.07, 6.45) is 0. The molecule has 0 bridgehead atoms. The average molecular weight is 461 g/mol. The third-order valence-electron chi connectivity index (χ3n) is 5.57. The summed E-state index contributed by atoms with van der Waals surface area (Å²) in [7, 11) is 3.05. The van der Waals surface area contributed by atoms with E-state index in [0.717, 1.165) is 5.56 Å². The Hall–Kier alpha value is -4.19. The van der Waals surface area contributed by atoms with Crippen LogP contribution in [0.4, 0.5) is 4.39 Å². The Bertz CT molecular complexity index is 1320. The topological polar surface area (TPSA) is 68.2 Å². The molecule has 4 aromatic rings. The Balaban J connectivity index is 1.66. The van der Waals surface area contributed by atoms with Gasteiger partial charge in [0.2, 0.25) is 0 Å². The molecule has 0 aliphatic rings. The lowest BCUT2D eigenvalue weighted by atomic mass is 9.97. The highest BCUT2D eigenvalue weighted by molar-refractivity contribution is 5.82. The monoisotopic (exact) mass is 460 g/mol. The highest BCUT2D eigenvalue weighted by atomic mass is 19.1. The molecular formula is C28H25FO5. The first kappa shape index (κ1) is 23.0. The molecule has 0 saturated carbocycles. The summed E-state index contributed by atoms with van der Waals surface area (Å²) in [6, 6.07) is 20.7. The van der Waals surface area contributed by atoms with E-state index in [0.29, 0.717) is 46.1 Å². The van der Waals surface area contributed by atoms with E-state index in [-0.39, 0.29) is 5.75 Å². The van der Waals surface area contributed by atoms with E-state index >= 15 is 0 Å². The van der Waals surface area contributed by atoms with Crippen molar-refractivity contribution >= 4 is 0 Å². The Morgan fingerprint density at radius 2 is 1.26 bits per heavy atom. The molecule has 4 rings (SSSR count). The molecule has 0 saturated heterocycles. The van der Waals surface area contributed by atoms with Gasteiger partial charge in [-0.1, -0.05) is 42.0 Å². The summed E-state index contributed by atoms with van der Waals surface area (Å²) in [5.74, 6) is 0.207. The molecule has 0 unspecified atom stereocenters. The molecule has 0 amide bonds. The number of halogens is 1. The first-order valence-corrected chi connectivity index (χ1v) is 10.7. The second-order valence-corrected chi connectivity index (χ2v) is 7.88. The minimum absolute atomic E-state index is 0.00434. The molecular weight excluding hydrogens is 435 g/mol. The van der Waals surface area contributed by atoms with Gasteiger partial charge in [-0.15, -0.1) is 0 Å². The molecule has 0 aliphatic carbocycles. The average Bonchev–Trinajstić information content (AvgIpc) is 2.85. The van der Waals surface area contributed by atoms with Crippen LogP contribution in [-0.4, -0.2) is 24.4 Å². The molecule has 2 N–H and O–H groups in total. The van der Waals surface area contributed by atoms with Crippen molar-refractivity contribution < 1.29 is 28.8 Å². The lowest BCUT2D eigenvalue weighted by Crippen LogP contribution is -1.97. The molecule has 0 radical (unpaired) electrons. The number of aromatic hydroxyl groups is 2. The van der Waals surface area contributed by atoms with Gasteiger partial charge in [-0.2, -0.15) is 0 Å². The molecule has 0 atom stereocenters. The first-order valence-electron chi connectivity index (χ1n) is 10.7. The number of aryl methyl sites for hydroxylation is 1. The maximum atomic E-state index is 13.9. The molecule has 6 heteroatoms. The largest absolute Gasteiger partial charge is 0.505 e. The summed E-state index contributed by atoms with van der Waals surface area (Å²) in [5, 5.41) is 20.1. The Labute approximate surface area is 197 Å². The Morgan fingerprint density at radius 1 is 0.676 bits per heavy atom. The number of hydrogen-bond donors (Lipinski definition) is 2. The smallest absolute Gasteiger partial charge is 0.165 e. The molecule has 0 aliphatic heterocycles. The van der Waals surface area contributed by atoms with Crippen LogP contribution >= 0.6 is 0 Å². The second kappa shape index (κ2) is 9.75. The van der Waals surface area contributed by atoms with Crippen molar-refractivity contribution in [3.63, 3.8) is 0 Å². The van der Waals surface area contributed by atoms with Gasteiger partial charge >= 0.3 is 0 Å². The quantitative estimate of drug-likeness (QED) is 0.331. The fourth-order valence-corrected chi connectivity index (χ4v) is 3.68. The van der Waals surface area contributed by atoms with Crippen LogP contribution in [0.25, 0.3) is 22.3 Å². The van der Waals surface area contributed by atoms with E-state index in [2.05, 4.69) is 0 Å². The zero-order chi connectivity index (χ0) is 24.2. The Kier molecular flexibility index (Phi) is 6.59. The molecule has 174 valence electrons. The zero-order valence-corrected chi connectivity index (χ0v) is 19.1. The molecule has 4 aromatic carbocycles. The van der Waals surface area contributed by atoms with E-state index in [1.807, 2.05) is 37.3 Å². The van der Waals surface area contributed by atoms with Crippen molar-refractivity contribution in [2.24, 2.45) is 0 Å². The van der Waals surface area contributed by atoms with Crippen LogP contribution in [0.2, 0.25) is 0 Å². The summed E-state index contributed by atoms with van der Waals surface area (Å²) < 4.78 is 30.9. The fraction of sp³-hybridized carbons (Fsp3) is 0.143. The summed E-state index contributed by atoms with van der Waals surface area (Å²) in [6.45, 7) is 2.36. The highest BCUT2D eigenvalue weighted by Gasteiger charge is 2.17. The standard InChI is InChI=1S/C28H25FO5/c1-17-4-6-18(7-5-17)16-34-26-11-9-20(13-25(26)31)22-15-27(32-2)21(14-28(22)33-3)19-8-10-24(30)23(29)12-19/h4-15,30-31H,16H2,1-3H3. The number of hydrogen-bond acceptors (Lipinski definition) is 5. The van der Waals surface area contributed by atoms with Gasteiger partial charge in [-0.25, -0.2) is 4.39 Å². The van der Waals surface area contributed by atoms with Gasteiger partial charge in [0.1, 0.15) is 18.1 Å². The van der Waals surface area contributed by atoms with E-state index in [1.165, 1.54) is 31.9 Å². The number of rotatable bonds is 7. The predicted octanol–water partition coefficient (Wildman–Crippen LogP) is 6.48. The second-order valence-electron chi connectivity index (χ2n) is 7.88. The minimum atomic E-state index is -0.728. The molecule has 34 heavy (non-hydrogen) atoms. The molecule has 0 heterocycles. The van der Waals surface area contributed by atoms with Crippen LogP contribution in [0.3, 0.4) is 0 Å². The third kappa shape index (κ3) is 4.76. The summed E-state index contributed by atoms with van der Waals surface area (Å²) in [4.78, 5) is 0. The molecule has 0 aromatic heterocycles. The van der Waals surface area contributed by atoms with Crippen LogP contribution in [0.1, 0.15) is 11.1 Å². The maximum Gasteiger partial charge on any atom is 0.165 e. The number of phenols is 2. The molecule has 0 spiro atoms. The van der Waals surface area contributed by atoms with Crippen LogP contribution in [0.5, 0.6) is 28.7 Å². The number of benzene rings is 4.